The highest BCUT2D eigenvalue weighted by Gasteiger charge is 2.27. The van der Waals surface area contributed by atoms with Crippen LogP contribution < -0.4 is 5.73 Å². The summed E-state index contributed by atoms with van der Waals surface area (Å²) < 4.78 is 5.19. The third-order valence-electron chi connectivity index (χ3n) is 3.51. The predicted molar refractivity (Wildman–Crippen MR) is 72.1 cm³/mol. The topological polar surface area (TPSA) is 56.2 Å². The van der Waals surface area contributed by atoms with Crippen molar-refractivity contribution in [2.45, 2.75) is 26.2 Å². The molecule has 0 radical (unpaired) electrons. The molecule has 0 spiro atoms. The van der Waals surface area contributed by atoms with Crippen molar-refractivity contribution in [2.24, 2.45) is 5.92 Å². The molecule has 1 aliphatic rings. The van der Waals surface area contributed by atoms with Crippen molar-refractivity contribution < 1.29 is 9.21 Å². The molecule has 0 aromatic carbocycles. The van der Waals surface area contributed by atoms with Crippen LogP contribution in [0.5, 0.6) is 0 Å². The highest BCUT2D eigenvalue weighted by atomic mass is 32.1. The lowest BCUT2D eigenvalue weighted by atomic mass is 9.87. The van der Waals surface area contributed by atoms with Crippen LogP contribution >= 0.6 is 11.3 Å². The summed E-state index contributed by atoms with van der Waals surface area (Å²) >= 11 is 1.56. The van der Waals surface area contributed by atoms with Gasteiger partial charge in [0.25, 0.3) is 0 Å². The quantitative estimate of drug-likeness (QED) is 0.844. The molecule has 2 aromatic rings. The Morgan fingerprint density at radius 3 is 3.11 bits per heavy atom. The van der Waals surface area contributed by atoms with Gasteiger partial charge in [0, 0.05) is 4.88 Å². The zero-order valence-electron chi connectivity index (χ0n) is 10.2. The van der Waals surface area contributed by atoms with Crippen molar-refractivity contribution >= 4 is 22.1 Å². The fraction of sp³-hybridized carbons (Fsp3) is 0.357. The Labute approximate surface area is 110 Å². The van der Waals surface area contributed by atoms with Crippen molar-refractivity contribution in [3.63, 3.8) is 0 Å². The largest absolute Gasteiger partial charge is 0.461 e. The van der Waals surface area contributed by atoms with Crippen LogP contribution in [-0.2, 0) is 12.8 Å². The van der Waals surface area contributed by atoms with Gasteiger partial charge in [-0.2, -0.15) is 0 Å². The summed E-state index contributed by atoms with van der Waals surface area (Å²) in [6.07, 6.45) is 4.63. The minimum absolute atomic E-state index is 0.0791. The lowest BCUT2D eigenvalue weighted by Gasteiger charge is -2.18. The summed E-state index contributed by atoms with van der Waals surface area (Å²) in [6, 6.07) is 3.42. The second kappa shape index (κ2) is 4.28. The number of nitrogen functional groups attached to an aromatic ring is 1. The number of hydrogen-bond acceptors (Lipinski definition) is 4. The third-order valence-corrected chi connectivity index (χ3v) is 4.59. The highest BCUT2D eigenvalue weighted by Crippen LogP contribution is 2.38. The lowest BCUT2D eigenvalue weighted by Crippen LogP contribution is -2.12. The van der Waals surface area contributed by atoms with Gasteiger partial charge in [-0.15, -0.1) is 11.3 Å². The van der Waals surface area contributed by atoms with Gasteiger partial charge >= 0.3 is 0 Å². The van der Waals surface area contributed by atoms with Gasteiger partial charge in [-0.1, -0.05) is 6.92 Å². The minimum Gasteiger partial charge on any atom is -0.461 e. The number of furan rings is 1. The van der Waals surface area contributed by atoms with E-state index in [0.717, 1.165) is 24.8 Å². The van der Waals surface area contributed by atoms with Crippen LogP contribution in [0.15, 0.2) is 22.8 Å². The van der Waals surface area contributed by atoms with Crippen molar-refractivity contribution in [1.82, 2.24) is 0 Å². The molecule has 0 bridgehead atoms. The van der Waals surface area contributed by atoms with Crippen LogP contribution in [0.25, 0.3) is 0 Å². The van der Waals surface area contributed by atoms with Gasteiger partial charge in [0.2, 0.25) is 5.78 Å². The molecule has 18 heavy (non-hydrogen) atoms. The van der Waals surface area contributed by atoms with Crippen LogP contribution in [-0.4, -0.2) is 5.78 Å². The van der Waals surface area contributed by atoms with Gasteiger partial charge < -0.3 is 10.2 Å². The average Bonchev–Trinajstić information content (AvgIpc) is 2.94. The third kappa shape index (κ3) is 1.77. The van der Waals surface area contributed by atoms with Crippen LogP contribution in [0.3, 0.4) is 0 Å². The molecule has 4 heteroatoms. The Morgan fingerprint density at radius 1 is 1.56 bits per heavy atom. The molecule has 2 N–H and O–H groups in total. The number of hydrogen-bond donors (Lipinski definition) is 1. The van der Waals surface area contributed by atoms with Crippen LogP contribution in [0.4, 0.5) is 5.00 Å². The van der Waals surface area contributed by atoms with E-state index in [9.17, 15) is 4.79 Å². The first-order chi connectivity index (χ1) is 8.66. The minimum atomic E-state index is -0.0791. The highest BCUT2D eigenvalue weighted by molar-refractivity contribution is 7.16. The van der Waals surface area contributed by atoms with E-state index in [1.807, 2.05) is 0 Å². The van der Waals surface area contributed by atoms with Gasteiger partial charge in [-0.25, -0.2) is 0 Å². The first-order valence-electron chi connectivity index (χ1n) is 6.15. The molecule has 0 amide bonds. The molecule has 0 saturated carbocycles. The number of rotatable bonds is 2. The van der Waals surface area contributed by atoms with Gasteiger partial charge in [-0.05, 0) is 42.9 Å². The van der Waals surface area contributed by atoms with E-state index >= 15 is 0 Å². The first-order valence-corrected chi connectivity index (χ1v) is 6.96. The average molecular weight is 261 g/mol. The summed E-state index contributed by atoms with van der Waals surface area (Å²) in [5.74, 6) is 0.979. The lowest BCUT2D eigenvalue weighted by molar-refractivity contribution is 0.101. The Hall–Kier alpha value is -1.55. The van der Waals surface area contributed by atoms with Gasteiger partial charge in [0.15, 0.2) is 5.76 Å². The maximum Gasteiger partial charge on any atom is 0.231 e. The van der Waals surface area contributed by atoms with Crippen LogP contribution in [0.2, 0.25) is 0 Å². The van der Waals surface area contributed by atoms with Gasteiger partial charge in [-0.3, -0.25) is 4.79 Å². The molecule has 2 heterocycles. The maximum absolute atomic E-state index is 12.4. The monoisotopic (exact) mass is 261 g/mol. The van der Waals surface area contributed by atoms with E-state index in [0.29, 0.717) is 22.2 Å². The molecule has 3 rings (SSSR count). The number of carbonyl (C=O) groups excluding carboxylic acids is 1. The normalized spacial score (nSPS) is 18.6. The van der Waals surface area contributed by atoms with E-state index < -0.39 is 0 Å². The fourth-order valence-electron chi connectivity index (χ4n) is 2.55. The summed E-state index contributed by atoms with van der Waals surface area (Å²) in [6.45, 7) is 2.24. The van der Waals surface area contributed by atoms with Crippen LogP contribution in [0, 0.1) is 5.92 Å². The molecule has 1 atom stereocenters. The van der Waals surface area contributed by atoms with Gasteiger partial charge in [0.05, 0.1) is 16.8 Å². The van der Waals surface area contributed by atoms with Crippen molar-refractivity contribution in [3.05, 3.63) is 40.2 Å². The Morgan fingerprint density at radius 2 is 2.39 bits per heavy atom. The number of carbonyl (C=O) groups is 1. The second-order valence-electron chi connectivity index (χ2n) is 4.90. The summed E-state index contributed by atoms with van der Waals surface area (Å²) in [5.41, 5.74) is 7.86. The van der Waals surface area contributed by atoms with E-state index in [4.69, 9.17) is 10.2 Å². The first kappa shape index (κ1) is 11.5. The molecule has 0 saturated heterocycles. The SMILES string of the molecule is C[C@@H]1CCc2c(sc(N)c2C(=O)c2ccco2)C1. The summed E-state index contributed by atoms with van der Waals surface area (Å²) in [4.78, 5) is 13.7. The zero-order valence-corrected chi connectivity index (χ0v) is 11.0. The summed E-state index contributed by atoms with van der Waals surface area (Å²) in [5, 5.41) is 0.635. The van der Waals surface area contributed by atoms with E-state index in [2.05, 4.69) is 6.92 Å². The fourth-order valence-corrected chi connectivity index (χ4v) is 3.83. The molecular formula is C14H15NO2S. The van der Waals surface area contributed by atoms with Crippen molar-refractivity contribution in [1.29, 1.82) is 0 Å². The van der Waals surface area contributed by atoms with Crippen LogP contribution in [0.1, 0.15) is 39.9 Å². The molecule has 94 valence electrons. The number of ketones is 1. The molecule has 0 unspecified atom stereocenters. The van der Waals surface area contributed by atoms with E-state index in [1.165, 1.54) is 11.1 Å². The summed E-state index contributed by atoms with van der Waals surface area (Å²) in [7, 11) is 0. The maximum atomic E-state index is 12.4. The standard InChI is InChI=1S/C14H15NO2S/c1-8-4-5-9-11(7-8)18-14(15)12(9)13(16)10-3-2-6-17-10/h2-3,6,8H,4-5,7,15H2,1H3/t8-/m1/s1. The van der Waals surface area contributed by atoms with Gasteiger partial charge in [0.1, 0.15) is 0 Å². The smallest absolute Gasteiger partial charge is 0.231 e. The molecule has 0 fully saturated rings. The Kier molecular flexibility index (Phi) is 2.74. The van der Waals surface area contributed by atoms with E-state index in [-0.39, 0.29) is 5.78 Å². The molecular weight excluding hydrogens is 246 g/mol. The molecule has 3 nitrogen and oxygen atoms in total. The molecule has 0 aliphatic heterocycles. The van der Waals surface area contributed by atoms with Crippen molar-refractivity contribution in [3.8, 4) is 0 Å². The number of fused-ring (bicyclic) bond motifs is 1. The molecule has 1 aliphatic carbocycles. The second-order valence-corrected chi connectivity index (χ2v) is 6.03. The number of nitrogens with two attached hydrogens (primary N) is 1. The van der Waals surface area contributed by atoms with E-state index in [1.54, 1.807) is 23.5 Å². The van der Waals surface area contributed by atoms with Crippen molar-refractivity contribution in [2.75, 3.05) is 5.73 Å². The predicted octanol–water partition coefficient (Wildman–Crippen LogP) is 3.28. The number of thiophene rings is 1. The Balaban J connectivity index is 2.05. The number of anilines is 1. The Bertz CT molecular complexity index is 583. The zero-order chi connectivity index (χ0) is 12.7. The molecule has 2 aromatic heterocycles.